The number of hydrogen-bond acceptors (Lipinski definition) is 5. The fraction of sp³-hybridized carbons (Fsp3) is 0.208. The molecular formula is C24H20Cl2FN5O2. The van der Waals surface area contributed by atoms with Crippen LogP contribution in [0.2, 0.25) is 10.0 Å². The van der Waals surface area contributed by atoms with E-state index in [1.54, 1.807) is 12.1 Å². The largest absolute Gasteiger partial charge is 0.486 e. The lowest BCUT2D eigenvalue weighted by molar-refractivity contribution is 0.101. The smallest absolute Gasteiger partial charge is 0.260 e. The molecule has 34 heavy (non-hydrogen) atoms. The van der Waals surface area contributed by atoms with Crippen molar-refractivity contribution in [1.82, 2.24) is 15.0 Å². The van der Waals surface area contributed by atoms with Crippen LogP contribution >= 0.6 is 23.2 Å². The molecule has 0 saturated carbocycles. The van der Waals surface area contributed by atoms with Crippen LogP contribution < -0.4 is 15.4 Å². The summed E-state index contributed by atoms with van der Waals surface area (Å²) in [6.07, 6.45) is 1.81. The number of pyridine rings is 1. The second-order valence-corrected chi connectivity index (χ2v) is 9.59. The minimum Gasteiger partial charge on any atom is -0.486 e. The van der Waals surface area contributed by atoms with Gasteiger partial charge in [0.05, 0.1) is 32.3 Å². The summed E-state index contributed by atoms with van der Waals surface area (Å²) in [6.45, 7) is 5.80. The predicted octanol–water partition coefficient (Wildman–Crippen LogP) is 6.42. The number of aryl methyl sites for hydroxylation is 1. The average Bonchev–Trinajstić information content (AvgIpc) is 3.31. The third kappa shape index (κ3) is 4.03. The summed E-state index contributed by atoms with van der Waals surface area (Å²) in [5.41, 5.74) is 3.49. The Labute approximate surface area is 204 Å². The first-order chi connectivity index (χ1) is 16.1. The van der Waals surface area contributed by atoms with E-state index in [1.165, 1.54) is 6.20 Å². The van der Waals surface area contributed by atoms with Crippen LogP contribution in [0, 0.1) is 12.7 Å². The third-order valence-electron chi connectivity index (χ3n) is 5.56. The van der Waals surface area contributed by atoms with E-state index < -0.39 is 17.3 Å². The fourth-order valence-corrected chi connectivity index (χ4v) is 4.45. The highest BCUT2D eigenvalue weighted by Crippen LogP contribution is 2.42. The Hall–Kier alpha value is -3.36. The molecule has 2 aromatic heterocycles. The van der Waals surface area contributed by atoms with Gasteiger partial charge in [0.15, 0.2) is 11.6 Å². The van der Waals surface area contributed by atoms with Crippen molar-refractivity contribution in [3.8, 4) is 5.75 Å². The molecule has 0 radical (unpaired) electrons. The molecule has 10 heteroatoms. The maximum atomic E-state index is 14.2. The number of imidazole rings is 1. The molecule has 174 valence electrons. The number of benzene rings is 2. The van der Waals surface area contributed by atoms with Crippen molar-refractivity contribution < 1.29 is 13.9 Å². The van der Waals surface area contributed by atoms with Gasteiger partial charge in [-0.05, 0) is 44.5 Å². The van der Waals surface area contributed by atoms with E-state index in [9.17, 15) is 9.18 Å². The first kappa shape index (κ1) is 22.4. The normalized spacial score (nSPS) is 14.1. The third-order valence-corrected chi connectivity index (χ3v) is 6.08. The molecule has 3 heterocycles. The zero-order valence-electron chi connectivity index (χ0n) is 18.5. The van der Waals surface area contributed by atoms with Gasteiger partial charge in [-0.3, -0.25) is 4.79 Å². The highest BCUT2D eigenvalue weighted by Gasteiger charge is 2.36. The number of nitrogens with zero attached hydrogens (tertiary/aromatic N) is 2. The summed E-state index contributed by atoms with van der Waals surface area (Å²) in [5.74, 6) is -0.627. The van der Waals surface area contributed by atoms with Gasteiger partial charge in [-0.25, -0.2) is 14.4 Å². The lowest BCUT2D eigenvalue weighted by atomic mass is 9.99. The molecule has 2 aromatic carbocycles. The Kier molecular flexibility index (Phi) is 5.37. The number of carbonyl (C=O) groups excluding carboxylic acids is 1. The number of fused-ring (bicyclic) bond motifs is 3. The average molecular weight is 500 g/mol. The molecule has 4 aromatic rings. The van der Waals surface area contributed by atoms with E-state index in [2.05, 4.69) is 20.6 Å². The van der Waals surface area contributed by atoms with Crippen LogP contribution in [0.4, 0.5) is 21.8 Å². The predicted molar refractivity (Wildman–Crippen MR) is 131 cm³/mol. The van der Waals surface area contributed by atoms with Crippen LogP contribution in [0.25, 0.3) is 11.0 Å². The number of aromatic amines is 1. The van der Waals surface area contributed by atoms with E-state index >= 15 is 0 Å². The lowest BCUT2D eigenvalue weighted by Gasteiger charge is -2.18. The van der Waals surface area contributed by atoms with Crippen molar-refractivity contribution in [2.45, 2.75) is 32.8 Å². The minimum absolute atomic E-state index is 0.133. The van der Waals surface area contributed by atoms with Gasteiger partial charge in [0.25, 0.3) is 5.91 Å². The molecule has 1 aliphatic rings. The summed E-state index contributed by atoms with van der Waals surface area (Å²) in [5, 5.41) is 6.43. The SMILES string of the molecule is Cc1cccc(Cl)c1Nc1nc2c3c(c(C(=O)Nc4ncc(Cl)cc4F)cc2[nH]1)OC(C)(C)C3. The maximum absolute atomic E-state index is 14.2. The summed E-state index contributed by atoms with van der Waals surface area (Å²) >= 11 is 12.1. The van der Waals surface area contributed by atoms with Gasteiger partial charge in [-0.2, -0.15) is 0 Å². The first-order valence-corrected chi connectivity index (χ1v) is 11.3. The van der Waals surface area contributed by atoms with Gasteiger partial charge in [-0.1, -0.05) is 35.3 Å². The molecule has 0 aliphatic carbocycles. The number of carbonyl (C=O) groups is 1. The van der Waals surface area contributed by atoms with E-state index in [1.807, 2.05) is 32.9 Å². The van der Waals surface area contributed by atoms with Crippen molar-refractivity contribution in [2.24, 2.45) is 0 Å². The van der Waals surface area contributed by atoms with E-state index in [0.29, 0.717) is 34.2 Å². The van der Waals surface area contributed by atoms with Crippen molar-refractivity contribution in [3.05, 3.63) is 69.1 Å². The quantitative estimate of drug-likeness (QED) is 0.301. The highest BCUT2D eigenvalue weighted by atomic mass is 35.5. The van der Waals surface area contributed by atoms with Gasteiger partial charge < -0.3 is 20.4 Å². The standard InChI is InChI=1S/C24H20Cl2FN5O2/c1-11-5-4-6-15(26)18(11)30-23-29-17-8-13(20-14(19(17)31-23)9-24(2,3)34-20)22(33)32-21-16(27)7-12(25)10-28-21/h4-8,10H,9H2,1-3H3,(H,28,32,33)(H2,29,30,31). The molecule has 0 saturated heterocycles. The number of rotatable bonds is 4. The van der Waals surface area contributed by atoms with Crippen LogP contribution in [-0.4, -0.2) is 26.5 Å². The van der Waals surface area contributed by atoms with E-state index in [-0.39, 0.29) is 16.4 Å². The van der Waals surface area contributed by atoms with Crippen molar-refractivity contribution in [1.29, 1.82) is 0 Å². The second-order valence-electron chi connectivity index (χ2n) is 8.75. The molecule has 7 nitrogen and oxygen atoms in total. The molecule has 1 aliphatic heterocycles. The number of aromatic nitrogens is 3. The van der Waals surface area contributed by atoms with Crippen molar-refractivity contribution >= 4 is 57.6 Å². The molecule has 0 unspecified atom stereocenters. The van der Waals surface area contributed by atoms with Crippen LogP contribution in [0.15, 0.2) is 36.5 Å². The fourth-order valence-electron chi connectivity index (χ4n) is 4.04. The Balaban J connectivity index is 1.57. The number of hydrogen-bond donors (Lipinski definition) is 3. The van der Waals surface area contributed by atoms with E-state index in [4.69, 9.17) is 32.9 Å². The van der Waals surface area contributed by atoms with Gasteiger partial charge >= 0.3 is 0 Å². The number of nitrogens with one attached hydrogen (secondary N) is 3. The number of amides is 1. The topological polar surface area (TPSA) is 91.9 Å². The van der Waals surface area contributed by atoms with Crippen molar-refractivity contribution in [2.75, 3.05) is 10.6 Å². The molecule has 0 bridgehead atoms. The Morgan fingerprint density at radius 3 is 2.79 bits per heavy atom. The monoisotopic (exact) mass is 499 g/mol. The number of halogens is 3. The Morgan fingerprint density at radius 1 is 1.26 bits per heavy atom. The summed E-state index contributed by atoms with van der Waals surface area (Å²) in [6, 6.07) is 8.33. The van der Waals surface area contributed by atoms with Gasteiger partial charge in [-0.15, -0.1) is 0 Å². The lowest BCUT2D eigenvalue weighted by Crippen LogP contribution is -2.25. The van der Waals surface area contributed by atoms with Crippen LogP contribution in [0.1, 0.15) is 35.3 Å². The Bertz CT molecular complexity index is 1450. The number of para-hydroxylation sites is 1. The molecule has 0 fully saturated rings. The minimum atomic E-state index is -0.733. The molecule has 3 N–H and O–H groups in total. The van der Waals surface area contributed by atoms with Gasteiger partial charge in [0.2, 0.25) is 5.95 Å². The molecule has 5 rings (SSSR count). The van der Waals surface area contributed by atoms with Crippen molar-refractivity contribution in [3.63, 3.8) is 0 Å². The van der Waals surface area contributed by atoms with Gasteiger partial charge in [0.1, 0.15) is 11.4 Å². The summed E-state index contributed by atoms with van der Waals surface area (Å²) in [4.78, 5) is 24.9. The molecule has 0 atom stereocenters. The van der Waals surface area contributed by atoms with Gasteiger partial charge in [0, 0.05) is 18.2 Å². The summed E-state index contributed by atoms with van der Waals surface area (Å²) < 4.78 is 20.3. The van der Waals surface area contributed by atoms with Crippen LogP contribution in [-0.2, 0) is 6.42 Å². The molecular weight excluding hydrogens is 480 g/mol. The first-order valence-electron chi connectivity index (χ1n) is 10.5. The zero-order valence-corrected chi connectivity index (χ0v) is 20.0. The number of anilines is 3. The zero-order chi connectivity index (χ0) is 24.2. The van der Waals surface area contributed by atoms with E-state index in [0.717, 1.165) is 22.9 Å². The second kappa shape index (κ2) is 8.14. The summed E-state index contributed by atoms with van der Waals surface area (Å²) in [7, 11) is 0. The number of ether oxygens (including phenoxy) is 1. The maximum Gasteiger partial charge on any atom is 0.260 e. The van der Waals surface area contributed by atoms with Crippen LogP contribution in [0.5, 0.6) is 5.75 Å². The highest BCUT2D eigenvalue weighted by molar-refractivity contribution is 6.33. The van der Waals surface area contributed by atoms with Crippen LogP contribution in [0.3, 0.4) is 0 Å². The number of H-pyrrole nitrogens is 1. The Morgan fingerprint density at radius 2 is 2.06 bits per heavy atom. The molecule has 0 spiro atoms. The molecule has 1 amide bonds.